The van der Waals surface area contributed by atoms with E-state index in [1.54, 1.807) is 0 Å². The second-order valence-electron chi connectivity index (χ2n) is 7.03. The van der Waals surface area contributed by atoms with Gasteiger partial charge in [-0.3, -0.25) is 4.99 Å². The van der Waals surface area contributed by atoms with Crippen LogP contribution in [0.2, 0.25) is 0 Å². The van der Waals surface area contributed by atoms with Crippen molar-refractivity contribution in [2.75, 3.05) is 0 Å². The summed E-state index contributed by atoms with van der Waals surface area (Å²) in [6.45, 7) is 29.8. The van der Waals surface area contributed by atoms with Crippen LogP contribution in [0.4, 0.5) is 0 Å². The summed E-state index contributed by atoms with van der Waals surface area (Å²) >= 11 is 0. The molecule has 1 nitrogen and oxygen atoms in total. The summed E-state index contributed by atoms with van der Waals surface area (Å²) in [5.41, 5.74) is 2.39. The van der Waals surface area contributed by atoms with Crippen molar-refractivity contribution in [3.05, 3.63) is 23.4 Å². The highest BCUT2D eigenvalue weighted by molar-refractivity contribution is 5.79. The highest BCUT2D eigenvalue weighted by atomic mass is 14.7. The van der Waals surface area contributed by atoms with Crippen LogP contribution in [-0.2, 0) is 0 Å². The van der Waals surface area contributed by atoms with Gasteiger partial charge in [0.1, 0.15) is 0 Å². The van der Waals surface area contributed by atoms with Gasteiger partial charge < -0.3 is 0 Å². The third-order valence-electron chi connectivity index (χ3n) is 4.63. The fourth-order valence-corrected chi connectivity index (χ4v) is 1.82. The maximum absolute atomic E-state index is 4.30. The van der Waals surface area contributed by atoms with Crippen molar-refractivity contribution in [2.45, 2.75) is 142 Å². The minimum absolute atomic E-state index is 0.935. The molecular weight excluding hydrogens is 350 g/mol. The van der Waals surface area contributed by atoms with E-state index < -0.39 is 0 Å². The Hall–Kier alpha value is -0.850. The van der Waals surface area contributed by atoms with Gasteiger partial charge in [0, 0.05) is 11.9 Å². The third-order valence-corrected chi connectivity index (χ3v) is 4.63. The fourth-order valence-electron chi connectivity index (χ4n) is 1.82. The molecule has 0 aromatic rings. The molecule has 1 unspecified atom stereocenters. The first-order valence-electron chi connectivity index (χ1n) is 12.7. The average molecular weight is 412 g/mol. The number of aliphatic imine (C=N–C) groups is 1. The summed E-state index contributed by atoms with van der Waals surface area (Å²) in [5.74, 6) is 1.88. The first-order chi connectivity index (χ1) is 13.9. The molecule has 0 fully saturated rings. The summed E-state index contributed by atoms with van der Waals surface area (Å²) in [5, 5.41) is 0. The second kappa shape index (κ2) is 37.8. The fraction of sp³-hybridized carbons (Fsp3) is 0.821. The molecule has 0 N–H and O–H groups in total. The van der Waals surface area contributed by atoms with Gasteiger partial charge in [-0.15, -0.1) is 0 Å². The maximum atomic E-state index is 4.30. The highest BCUT2D eigenvalue weighted by Gasteiger charge is 1.92. The first-order valence-corrected chi connectivity index (χ1v) is 12.7. The molecule has 0 saturated heterocycles. The van der Waals surface area contributed by atoms with Gasteiger partial charge in [-0.1, -0.05) is 127 Å². The molecule has 0 bridgehead atoms. The van der Waals surface area contributed by atoms with E-state index >= 15 is 0 Å². The van der Waals surface area contributed by atoms with Gasteiger partial charge in [0.05, 0.1) is 0 Å². The van der Waals surface area contributed by atoms with E-state index in [4.69, 9.17) is 0 Å². The molecule has 0 aliphatic heterocycles. The van der Waals surface area contributed by atoms with Gasteiger partial charge in [0.2, 0.25) is 0 Å². The summed E-state index contributed by atoms with van der Waals surface area (Å²) < 4.78 is 0. The standard InChI is InChI=1S/C11H19N.C7H16.C6H14.2C2H6/c1-5-8-11(7-3)9-12-10(4)6-2;1-4-6-7(3)5-2;1-4-6(3)5-2;2*1-2/h6-7,9H,5,8H2,1-4H3;7H,4-6H2,1-3H3;6H,4-5H2,1-3H3;2*1-2H3/b10-6-,11-7-,12-9+;;;;. The lowest BCUT2D eigenvalue weighted by molar-refractivity contribution is 0.509. The van der Waals surface area contributed by atoms with E-state index in [9.17, 15) is 0 Å². The quantitative estimate of drug-likeness (QED) is 0.334. The SMILES string of the molecule is CC.CC.CCC(C)CC.CCCC(C)CC.C\C=C(/C=N/C(C)=C\C)CCC. The van der Waals surface area contributed by atoms with Gasteiger partial charge in [-0.05, 0) is 44.6 Å². The van der Waals surface area contributed by atoms with Gasteiger partial charge in [-0.25, -0.2) is 0 Å². The van der Waals surface area contributed by atoms with Gasteiger partial charge in [0.15, 0.2) is 0 Å². The molecule has 0 saturated carbocycles. The third kappa shape index (κ3) is 42.3. The van der Waals surface area contributed by atoms with Crippen LogP contribution in [0.25, 0.3) is 0 Å². The molecule has 0 amide bonds. The van der Waals surface area contributed by atoms with Crippen LogP contribution in [0, 0.1) is 11.8 Å². The van der Waals surface area contributed by atoms with Crippen molar-refractivity contribution in [1.82, 2.24) is 0 Å². The smallest absolute Gasteiger partial charge is 0.0330 e. The van der Waals surface area contributed by atoms with Crippen LogP contribution in [0.3, 0.4) is 0 Å². The molecule has 178 valence electrons. The van der Waals surface area contributed by atoms with Gasteiger partial charge in [-0.2, -0.15) is 0 Å². The van der Waals surface area contributed by atoms with Crippen LogP contribution < -0.4 is 0 Å². The molecule has 0 aliphatic carbocycles. The number of rotatable bonds is 9. The molecule has 0 aliphatic rings. The van der Waals surface area contributed by atoms with Crippen LogP contribution in [0.1, 0.15) is 142 Å². The van der Waals surface area contributed by atoms with E-state index in [0.29, 0.717) is 0 Å². The molecule has 0 spiro atoms. The lowest BCUT2D eigenvalue weighted by Gasteiger charge is -2.02. The molecule has 0 radical (unpaired) electrons. The molecule has 1 atom stereocenters. The van der Waals surface area contributed by atoms with Crippen LogP contribution in [-0.4, -0.2) is 6.21 Å². The van der Waals surface area contributed by atoms with Gasteiger partial charge in [0.25, 0.3) is 0 Å². The second-order valence-corrected chi connectivity index (χ2v) is 7.03. The Morgan fingerprint density at radius 3 is 1.38 bits per heavy atom. The summed E-state index contributed by atoms with van der Waals surface area (Å²) in [4.78, 5) is 4.30. The van der Waals surface area contributed by atoms with Crippen molar-refractivity contribution in [1.29, 1.82) is 0 Å². The monoisotopic (exact) mass is 411 g/mol. The van der Waals surface area contributed by atoms with Crippen molar-refractivity contribution in [2.24, 2.45) is 16.8 Å². The normalized spacial score (nSPS) is 11.8. The maximum Gasteiger partial charge on any atom is 0.0330 e. The van der Waals surface area contributed by atoms with E-state index in [-0.39, 0.29) is 0 Å². The lowest BCUT2D eigenvalue weighted by atomic mass is 10.0. The van der Waals surface area contributed by atoms with Crippen molar-refractivity contribution in [3.63, 3.8) is 0 Å². The summed E-state index contributed by atoms with van der Waals surface area (Å²) in [7, 11) is 0. The zero-order valence-electron chi connectivity index (χ0n) is 23.3. The summed E-state index contributed by atoms with van der Waals surface area (Å²) in [6, 6.07) is 0. The first kappa shape index (κ1) is 38.7. The lowest BCUT2D eigenvalue weighted by Crippen LogP contribution is -1.88. The number of nitrogens with zero attached hydrogens (tertiary/aromatic N) is 1. The number of hydrogen-bond acceptors (Lipinski definition) is 1. The highest BCUT2D eigenvalue weighted by Crippen LogP contribution is 2.07. The van der Waals surface area contributed by atoms with E-state index in [1.807, 2.05) is 53.8 Å². The Morgan fingerprint density at radius 2 is 1.17 bits per heavy atom. The van der Waals surface area contributed by atoms with Crippen molar-refractivity contribution < 1.29 is 0 Å². The zero-order chi connectivity index (χ0) is 24.1. The van der Waals surface area contributed by atoms with Crippen molar-refractivity contribution in [3.8, 4) is 0 Å². The van der Waals surface area contributed by atoms with Gasteiger partial charge >= 0.3 is 0 Å². The Morgan fingerprint density at radius 1 is 0.724 bits per heavy atom. The Balaban J connectivity index is -0.0000000969. The Labute approximate surface area is 188 Å². The Bertz CT molecular complexity index is 332. The van der Waals surface area contributed by atoms with Crippen LogP contribution >= 0.6 is 0 Å². The number of hydrogen-bond donors (Lipinski definition) is 0. The van der Waals surface area contributed by atoms with Crippen LogP contribution in [0.5, 0.6) is 0 Å². The molecule has 29 heavy (non-hydrogen) atoms. The minimum Gasteiger partial charge on any atom is -0.262 e. The molecule has 0 aromatic heterocycles. The topological polar surface area (TPSA) is 12.4 Å². The average Bonchev–Trinajstić information content (AvgIpc) is 2.79. The predicted molar refractivity (Wildman–Crippen MR) is 143 cm³/mol. The number of allylic oxidation sites excluding steroid dienone is 4. The predicted octanol–water partition coefficient (Wildman–Crippen LogP) is 11.1. The van der Waals surface area contributed by atoms with Crippen LogP contribution in [0.15, 0.2) is 28.4 Å². The molecule has 0 aromatic carbocycles. The summed E-state index contributed by atoms with van der Waals surface area (Å²) in [6.07, 6.45) is 15.1. The van der Waals surface area contributed by atoms with Crippen molar-refractivity contribution >= 4 is 6.21 Å². The van der Waals surface area contributed by atoms with E-state index in [0.717, 1.165) is 24.0 Å². The van der Waals surface area contributed by atoms with E-state index in [1.165, 1.54) is 44.1 Å². The molecule has 1 heteroatoms. The largest absolute Gasteiger partial charge is 0.262 e. The van der Waals surface area contributed by atoms with E-state index in [2.05, 4.69) is 66.5 Å². The molecule has 0 heterocycles. The molecular formula is C28H61N. The minimum atomic E-state index is 0.935. The zero-order valence-corrected chi connectivity index (χ0v) is 23.3. The Kier molecular flexibility index (Phi) is 50.5. The molecule has 0 rings (SSSR count).